The van der Waals surface area contributed by atoms with Crippen LogP contribution >= 0.6 is 23.2 Å². The summed E-state index contributed by atoms with van der Waals surface area (Å²) >= 11 is 11.8. The molecule has 0 aliphatic rings. The molecule has 0 radical (unpaired) electrons. The van der Waals surface area contributed by atoms with Crippen molar-refractivity contribution in [3.63, 3.8) is 0 Å². The highest BCUT2D eigenvalue weighted by atomic mass is 35.5. The first kappa shape index (κ1) is 11.5. The number of aromatic nitrogens is 2. The van der Waals surface area contributed by atoms with Crippen molar-refractivity contribution in [3.8, 4) is 0 Å². The summed E-state index contributed by atoms with van der Waals surface area (Å²) in [5.41, 5.74) is 1.16. The molecule has 0 spiro atoms. The van der Waals surface area contributed by atoms with Gasteiger partial charge in [-0.05, 0) is 18.2 Å². The Kier molecular flexibility index (Phi) is 3.19. The van der Waals surface area contributed by atoms with Crippen molar-refractivity contribution in [1.82, 2.24) is 9.78 Å². The molecule has 0 amide bonds. The monoisotopic (exact) mass is 256 g/mol. The third-order valence-electron chi connectivity index (χ3n) is 2.27. The topological polar surface area (TPSA) is 38.0 Å². The van der Waals surface area contributed by atoms with Gasteiger partial charge in [-0.1, -0.05) is 29.3 Å². The molecular formula is C11H10Cl2N2O. The zero-order valence-electron chi connectivity index (χ0n) is 8.56. The summed E-state index contributed by atoms with van der Waals surface area (Å²) in [7, 11) is 1.79. The van der Waals surface area contributed by atoms with Gasteiger partial charge < -0.3 is 5.11 Å². The molecule has 84 valence electrons. The Hall–Kier alpha value is -1.03. The van der Waals surface area contributed by atoms with Crippen molar-refractivity contribution in [3.05, 3.63) is 51.8 Å². The van der Waals surface area contributed by atoms with Crippen molar-refractivity contribution in [1.29, 1.82) is 0 Å². The van der Waals surface area contributed by atoms with Crippen LogP contribution in [0, 0.1) is 0 Å². The molecule has 1 aromatic heterocycles. The molecule has 0 aliphatic heterocycles. The molecule has 0 saturated carbocycles. The van der Waals surface area contributed by atoms with Crippen LogP contribution in [0.5, 0.6) is 0 Å². The highest BCUT2D eigenvalue weighted by Gasteiger charge is 2.16. The minimum absolute atomic E-state index is 0.436. The third kappa shape index (κ3) is 2.21. The van der Waals surface area contributed by atoms with Crippen LogP contribution in [0.15, 0.2) is 30.5 Å². The molecule has 5 heteroatoms. The van der Waals surface area contributed by atoms with Crippen LogP contribution < -0.4 is 0 Å². The van der Waals surface area contributed by atoms with E-state index in [1.807, 2.05) is 0 Å². The molecule has 1 atom stereocenters. The zero-order valence-corrected chi connectivity index (χ0v) is 10.1. The van der Waals surface area contributed by atoms with E-state index in [2.05, 4.69) is 5.10 Å². The van der Waals surface area contributed by atoms with Crippen molar-refractivity contribution in [2.45, 2.75) is 6.10 Å². The number of hydrogen-bond acceptors (Lipinski definition) is 2. The molecule has 0 bridgehead atoms. The van der Waals surface area contributed by atoms with E-state index in [4.69, 9.17) is 23.2 Å². The second-order valence-corrected chi connectivity index (χ2v) is 4.33. The first-order chi connectivity index (χ1) is 7.58. The Bertz CT molecular complexity index is 510. The van der Waals surface area contributed by atoms with Gasteiger partial charge in [0, 0.05) is 28.9 Å². The summed E-state index contributed by atoms with van der Waals surface area (Å²) in [5.74, 6) is 0. The first-order valence-electron chi connectivity index (χ1n) is 4.70. The molecule has 1 unspecified atom stereocenters. The fourth-order valence-electron chi connectivity index (χ4n) is 1.46. The fraction of sp³-hybridized carbons (Fsp3) is 0.182. The number of aliphatic hydroxyl groups is 1. The van der Waals surface area contributed by atoms with Crippen LogP contribution in [0.1, 0.15) is 17.4 Å². The lowest BCUT2D eigenvalue weighted by atomic mass is 10.1. The Balaban J connectivity index is 2.37. The van der Waals surface area contributed by atoms with E-state index in [0.29, 0.717) is 21.3 Å². The van der Waals surface area contributed by atoms with E-state index in [0.717, 1.165) is 0 Å². The average molecular weight is 257 g/mol. The van der Waals surface area contributed by atoms with Gasteiger partial charge in [-0.25, -0.2) is 0 Å². The quantitative estimate of drug-likeness (QED) is 0.898. The van der Waals surface area contributed by atoms with Gasteiger partial charge in [-0.15, -0.1) is 0 Å². The van der Waals surface area contributed by atoms with Gasteiger partial charge in [-0.3, -0.25) is 4.68 Å². The lowest BCUT2D eigenvalue weighted by Crippen LogP contribution is -2.02. The van der Waals surface area contributed by atoms with Crippen LogP contribution in [0.4, 0.5) is 0 Å². The number of hydrogen-bond donors (Lipinski definition) is 1. The summed E-state index contributed by atoms with van der Waals surface area (Å²) < 4.78 is 1.63. The predicted octanol–water partition coefficient (Wildman–Crippen LogP) is 2.81. The molecular weight excluding hydrogens is 247 g/mol. The number of aliphatic hydroxyl groups excluding tert-OH is 1. The normalized spacial score (nSPS) is 12.8. The Morgan fingerprint density at radius 2 is 2.06 bits per heavy atom. The molecule has 1 aromatic carbocycles. The maximum Gasteiger partial charge on any atom is 0.124 e. The van der Waals surface area contributed by atoms with Gasteiger partial charge in [0.1, 0.15) is 6.10 Å². The second kappa shape index (κ2) is 4.45. The standard InChI is InChI=1S/C11H10Cl2N2O/c1-15-5-4-10(14-15)11(16)8-3-2-7(12)6-9(8)13/h2-6,11,16H,1H3. The van der Waals surface area contributed by atoms with E-state index >= 15 is 0 Å². The van der Waals surface area contributed by atoms with Crippen molar-refractivity contribution in [2.75, 3.05) is 0 Å². The SMILES string of the molecule is Cn1ccc(C(O)c2ccc(Cl)cc2Cl)n1. The van der Waals surface area contributed by atoms with Gasteiger partial charge in [-0.2, -0.15) is 5.10 Å². The highest BCUT2D eigenvalue weighted by Crippen LogP contribution is 2.29. The maximum atomic E-state index is 10.1. The number of rotatable bonds is 2. The number of benzene rings is 1. The Morgan fingerprint density at radius 1 is 1.31 bits per heavy atom. The first-order valence-corrected chi connectivity index (χ1v) is 5.46. The molecule has 1 heterocycles. The van der Waals surface area contributed by atoms with Crippen LogP contribution in [0.2, 0.25) is 10.0 Å². The summed E-state index contributed by atoms with van der Waals surface area (Å²) in [4.78, 5) is 0. The number of aryl methyl sites for hydroxylation is 1. The van der Waals surface area contributed by atoms with Gasteiger partial charge >= 0.3 is 0 Å². The molecule has 2 rings (SSSR count). The van der Waals surface area contributed by atoms with Gasteiger partial charge in [0.2, 0.25) is 0 Å². The molecule has 0 fully saturated rings. The molecule has 0 aliphatic carbocycles. The van der Waals surface area contributed by atoms with Crippen LogP contribution in [0.3, 0.4) is 0 Å². The molecule has 16 heavy (non-hydrogen) atoms. The van der Waals surface area contributed by atoms with Crippen molar-refractivity contribution < 1.29 is 5.11 Å². The summed E-state index contributed by atoms with van der Waals surface area (Å²) in [5, 5.41) is 15.2. The van der Waals surface area contributed by atoms with Gasteiger partial charge in [0.15, 0.2) is 0 Å². The maximum absolute atomic E-state index is 10.1. The van der Waals surface area contributed by atoms with Crippen LogP contribution in [-0.2, 0) is 7.05 Å². The van der Waals surface area contributed by atoms with Gasteiger partial charge in [0.05, 0.1) is 5.69 Å². The van der Waals surface area contributed by atoms with Crippen molar-refractivity contribution >= 4 is 23.2 Å². The minimum Gasteiger partial charge on any atom is -0.382 e. The zero-order chi connectivity index (χ0) is 11.7. The fourth-order valence-corrected chi connectivity index (χ4v) is 1.97. The summed E-state index contributed by atoms with van der Waals surface area (Å²) in [6.07, 6.45) is 0.938. The lowest BCUT2D eigenvalue weighted by Gasteiger charge is -2.10. The van der Waals surface area contributed by atoms with E-state index in [9.17, 15) is 5.11 Å². The number of nitrogens with zero attached hydrogens (tertiary/aromatic N) is 2. The highest BCUT2D eigenvalue weighted by molar-refractivity contribution is 6.35. The Labute approximate surface area is 103 Å². The average Bonchev–Trinajstić information content (AvgIpc) is 2.64. The van der Waals surface area contributed by atoms with Crippen molar-refractivity contribution in [2.24, 2.45) is 7.05 Å². The minimum atomic E-state index is -0.828. The van der Waals surface area contributed by atoms with E-state index in [1.165, 1.54) is 0 Å². The van der Waals surface area contributed by atoms with E-state index in [1.54, 1.807) is 42.2 Å². The van der Waals surface area contributed by atoms with Crippen LogP contribution in [-0.4, -0.2) is 14.9 Å². The predicted molar refractivity (Wildman–Crippen MR) is 63.7 cm³/mol. The second-order valence-electron chi connectivity index (χ2n) is 3.48. The molecule has 3 nitrogen and oxygen atoms in total. The Morgan fingerprint density at radius 3 is 2.62 bits per heavy atom. The smallest absolute Gasteiger partial charge is 0.124 e. The van der Waals surface area contributed by atoms with E-state index < -0.39 is 6.10 Å². The largest absolute Gasteiger partial charge is 0.382 e. The van der Waals surface area contributed by atoms with Gasteiger partial charge in [0.25, 0.3) is 0 Å². The molecule has 2 aromatic rings. The molecule has 1 N–H and O–H groups in total. The molecule has 0 saturated heterocycles. The lowest BCUT2D eigenvalue weighted by molar-refractivity contribution is 0.214. The summed E-state index contributed by atoms with van der Waals surface area (Å²) in [6.45, 7) is 0. The summed E-state index contributed by atoms with van der Waals surface area (Å²) in [6, 6.07) is 6.74. The van der Waals surface area contributed by atoms with Crippen LogP contribution in [0.25, 0.3) is 0 Å². The third-order valence-corrected chi connectivity index (χ3v) is 2.83. The number of halogens is 2. The van der Waals surface area contributed by atoms with E-state index in [-0.39, 0.29) is 0 Å².